The number of hydrogen-bond donors (Lipinski definition) is 1. The molecule has 3 rings (SSSR count). The van der Waals surface area contributed by atoms with E-state index in [1.807, 2.05) is 0 Å². The van der Waals surface area contributed by atoms with E-state index in [-0.39, 0.29) is 0 Å². The first-order valence-electron chi connectivity index (χ1n) is 9.15. The molecule has 0 amide bonds. The molecule has 0 spiro atoms. The highest BCUT2D eigenvalue weighted by Crippen LogP contribution is 2.20. The smallest absolute Gasteiger partial charge is 0.0366 e. The monoisotopic (exact) mass is 301 g/mol. The first kappa shape index (κ1) is 15.8. The molecule has 2 saturated heterocycles. The summed E-state index contributed by atoms with van der Waals surface area (Å²) in [7, 11) is 0. The van der Waals surface area contributed by atoms with E-state index in [1.54, 1.807) is 0 Å². The summed E-state index contributed by atoms with van der Waals surface area (Å²) in [6.07, 6.45) is 6.81. The van der Waals surface area contributed by atoms with Crippen molar-refractivity contribution in [2.24, 2.45) is 0 Å². The molecule has 2 fully saturated rings. The van der Waals surface area contributed by atoms with Crippen LogP contribution in [0.2, 0.25) is 0 Å². The van der Waals surface area contributed by atoms with E-state index < -0.39 is 0 Å². The Balaban J connectivity index is 1.45. The van der Waals surface area contributed by atoms with Crippen LogP contribution in [0, 0.1) is 0 Å². The van der Waals surface area contributed by atoms with Gasteiger partial charge in [-0.05, 0) is 62.9 Å². The average molecular weight is 301 g/mol. The second kappa shape index (κ2) is 7.98. The molecule has 0 aliphatic carbocycles. The van der Waals surface area contributed by atoms with Gasteiger partial charge in [-0.2, -0.15) is 0 Å². The third-order valence-corrected chi connectivity index (χ3v) is 5.27. The van der Waals surface area contributed by atoms with Crippen molar-refractivity contribution in [2.45, 2.75) is 51.6 Å². The highest BCUT2D eigenvalue weighted by atomic mass is 15.2. The number of rotatable bonds is 6. The summed E-state index contributed by atoms with van der Waals surface area (Å²) in [6, 6.07) is 9.94. The Morgan fingerprint density at radius 1 is 1.00 bits per heavy atom. The second-order valence-corrected chi connectivity index (χ2v) is 6.77. The number of benzene rings is 1. The van der Waals surface area contributed by atoms with Crippen LogP contribution < -0.4 is 10.2 Å². The largest absolute Gasteiger partial charge is 0.372 e. The van der Waals surface area contributed by atoms with Gasteiger partial charge in [0, 0.05) is 37.9 Å². The lowest BCUT2D eigenvalue weighted by Gasteiger charge is -2.29. The van der Waals surface area contributed by atoms with Gasteiger partial charge in [0.05, 0.1) is 0 Å². The first-order chi connectivity index (χ1) is 10.9. The van der Waals surface area contributed by atoms with Crippen LogP contribution in [0.5, 0.6) is 0 Å². The highest BCUT2D eigenvalue weighted by molar-refractivity contribution is 5.47. The summed E-state index contributed by atoms with van der Waals surface area (Å²) in [6.45, 7) is 9.33. The van der Waals surface area contributed by atoms with E-state index in [9.17, 15) is 0 Å². The highest BCUT2D eigenvalue weighted by Gasteiger charge is 2.22. The lowest BCUT2D eigenvalue weighted by Crippen LogP contribution is -2.37. The van der Waals surface area contributed by atoms with E-state index in [0.29, 0.717) is 0 Å². The van der Waals surface area contributed by atoms with Crippen LogP contribution in [-0.2, 0) is 6.54 Å². The summed E-state index contributed by atoms with van der Waals surface area (Å²) in [5.41, 5.74) is 2.80. The molecule has 1 aromatic carbocycles. The van der Waals surface area contributed by atoms with Gasteiger partial charge < -0.3 is 10.2 Å². The molecule has 1 aromatic rings. The third-order valence-electron chi connectivity index (χ3n) is 5.27. The molecule has 22 heavy (non-hydrogen) atoms. The zero-order chi connectivity index (χ0) is 15.2. The fourth-order valence-corrected chi connectivity index (χ4v) is 3.90. The molecule has 1 unspecified atom stereocenters. The predicted octanol–water partition coefficient (Wildman–Crippen LogP) is 3.25. The Kier molecular flexibility index (Phi) is 5.74. The molecule has 122 valence electrons. The van der Waals surface area contributed by atoms with Crippen molar-refractivity contribution in [3.05, 3.63) is 29.8 Å². The Bertz CT molecular complexity index is 436. The maximum absolute atomic E-state index is 3.65. The quantitative estimate of drug-likeness (QED) is 0.870. The Morgan fingerprint density at radius 3 is 2.50 bits per heavy atom. The van der Waals surface area contributed by atoms with E-state index >= 15 is 0 Å². The van der Waals surface area contributed by atoms with E-state index in [2.05, 4.69) is 46.3 Å². The lowest BCUT2D eigenvalue weighted by molar-refractivity contribution is 0.260. The molecule has 2 aliphatic heterocycles. The summed E-state index contributed by atoms with van der Waals surface area (Å²) in [4.78, 5) is 5.13. The van der Waals surface area contributed by atoms with Crippen molar-refractivity contribution in [1.82, 2.24) is 10.2 Å². The fourth-order valence-electron chi connectivity index (χ4n) is 3.90. The van der Waals surface area contributed by atoms with Crippen LogP contribution in [0.4, 0.5) is 5.69 Å². The van der Waals surface area contributed by atoms with Crippen LogP contribution in [-0.4, -0.2) is 43.7 Å². The van der Waals surface area contributed by atoms with Gasteiger partial charge in [-0.1, -0.05) is 19.1 Å². The van der Waals surface area contributed by atoms with Gasteiger partial charge in [-0.15, -0.1) is 0 Å². The van der Waals surface area contributed by atoms with E-state index in [1.165, 1.54) is 69.5 Å². The van der Waals surface area contributed by atoms with Crippen molar-refractivity contribution in [3.8, 4) is 0 Å². The van der Waals surface area contributed by atoms with Gasteiger partial charge in [-0.3, -0.25) is 4.90 Å². The minimum absolute atomic E-state index is 0.748. The molecule has 3 nitrogen and oxygen atoms in total. The second-order valence-electron chi connectivity index (χ2n) is 6.77. The van der Waals surface area contributed by atoms with Crippen LogP contribution in [0.15, 0.2) is 24.3 Å². The molecular weight excluding hydrogens is 270 g/mol. The minimum atomic E-state index is 0.748. The number of nitrogens with zero attached hydrogens (tertiary/aromatic N) is 2. The molecule has 0 bridgehead atoms. The van der Waals surface area contributed by atoms with Crippen LogP contribution in [0.25, 0.3) is 0 Å². The maximum Gasteiger partial charge on any atom is 0.0366 e. The zero-order valence-electron chi connectivity index (χ0n) is 14.1. The van der Waals surface area contributed by atoms with Gasteiger partial charge >= 0.3 is 0 Å². The molecule has 0 saturated carbocycles. The molecule has 0 radical (unpaired) electrons. The Hall–Kier alpha value is -1.06. The lowest BCUT2D eigenvalue weighted by atomic mass is 10.1. The van der Waals surface area contributed by atoms with Crippen molar-refractivity contribution in [1.29, 1.82) is 0 Å². The van der Waals surface area contributed by atoms with Crippen molar-refractivity contribution in [3.63, 3.8) is 0 Å². The molecule has 1 N–H and O–H groups in total. The molecular formula is C19H31N3. The summed E-state index contributed by atoms with van der Waals surface area (Å²) in [5, 5.41) is 3.65. The van der Waals surface area contributed by atoms with Crippen LogP contribution in [0.3, 0.4) is 0 Å². The standard InChI is InChI=1S/C19H31N3/c1-2-21-14-6-7-19(21)16-20-15-17-8-10-18(11-9-17)22-12-4-3-5-13-22/h8-11,19-20H,2-7,12-16H2,1H3. The molecule has 0 aromatic heterocycles. The van der Waals surface area contributed by atoms with Crippen molar-refractivity contribution >= 4 is 5.69 Å². The van der Waals surface area contributed by atoms with Gasteiger partial charge in [0.25, 0.3) is 0 Å². The topological polar surface area (TPSA) is 18.5 Å². The predicted molar refractivity (Wildman–Crippen MR) is 94.5 cm³/mol. The summed E-state index contributed by atoms with van der Waals surface area (Å²) in [5.74, 6) is 0. The Morgan fingerprint density at radius 2 is 1.77 bits per heavy atom. The van der Waals surface area contributed by atoms with Crippen molar-refractivity contribution < 1.29 is 0 Å². The number of likely N-dealkylation sites (tertiary alicyclic amines) is 1. The maximum atomic E-state index is 3.65. The molecule has 2 heterocycles. The summed E-state index contributed by atoms with van der Waals surface area (Å²) >= 11 is 0. The van der Waals surface area contributed by atoms with Gasteiger partial charge in [-0.25, -0.2) is 0 Å². The van der Waals surface area contributed by atoms with E-state index in [0.717, 1.165) is 19.1 Å². The third kappa shape index (κ3) is 4.02. The van der Waals surface area contributed by atoms with Crippen LogP contribution in [0.1, 0.15) is 44.6 Å². The average Bonchev–Trinajstić information content (AvgIpc) is 3.04. The SMILES string of the molecule is CCN1CCCC1CNCc1ccc(N2CCCCC2)cc1. The normalized spacial score (nSPS) is 23.1. The van der Waals surface area contributed by atoms with E-state index in [4.69, 9.17) is 0 Å². The molecule has 1 atom stereocenters. The minimum Gasteiger partial charge on any atom is -0.372 e. The number of piperidine rings is 1. The molecule has 3 heteroatoms. The fraction of sp³-hybridized carbons (Fsp3) is 0.684. The van der Waals surface area contributed by atoms with Crippen molar-refractivity contribution in [2.75, 3.05) is 37.6 Å². The number of nitrogens with one attached hydrogen (secondary N) is 1. The van der Waals surface area contributed by atoms with Gasteiger partial charge in [0.15, 0.2) is 0 Å². The van der Waals surface area contributed by atoms with Crippen LogP contribution >= 0.6 is 0 Å². The number of hydrogen-bond acceptors (Lipinski definition) is 3. The first-order valence-corrected chi connectivity index (χ1v) is 9.15. The number of likely N-dealkylation sites (N-methyl/N-ethyl adjacent to an activating group) is 1. The zero-order valence-corrected chi connectivity index (χ0v) is 14.1. The number of anilines is 1. The summed E-state index contributed by atoms with van der Waals surface area (Å²) < 4.78 is 0. The Labute approximate surface area is 135 Å². The van der Waals surface area contributed by atoms with Gasteiger partial charge in [0.2, 0.25) is 0 Å². The molecule has 2 aliphatic rings. The van der Waals surface area contributed by atoms with Gasteiger partial charge in [0.1, 0.15) is 0 Å².